The highest BCUT2D eigenvalue weighted by Crippen LogP contribution is 2.16. The molecule has 0 radical (unpaired) electrons. The molecule has 0 aromatic carbocycles. The average molecular weight is 1110 g/mol. The molecule has 0 aromatic heterocycles. The lowest BCUT2D eigenvalue weighted by molar-refractivity contribution is -0.167. The van der Waals surface area contributed by atoms with E-state index in [1.165, 1.54) is 148 Å². The maximum absolute atomic E-state index is 12.9. The smallest absolute Gasteiger partial charge is 0.306 e. The van der Waals surface area contributed by atoms with Gasteiger partial charge in [-0.1, -0.05) is 284 Å². The summed E-state index contributed by atoms with van der Waals surface area (Å²) < 4.78 is 17.0. The summed E-state index contributed by atoms with van der Waals surface area (Å²) in [6, 6.07) is 0. The van der Waals surface area contributed by atoms with E-state index in [-0.39, 0.29) is 31.1 Å². The van der Waals surface area contributed by atoms with Crippen LogP contribution in [0.1, 0.15) is 323 Å². The van der Waals surface area contributed by atoms with Gasteiger partial charge in [0, 0.05) is 19.3 Å². The Bertz CT molecular complexity index is 1610. The van der Waals surface area contributed by atoms with Crippen LogP contribution in [0.25, 0.3) is 0 Å². The van der Waals surface area contributed by atoms with Crippen LogP contribution in [0.2, 0.25) is 0 Å². The molecule has 0 aromatic rings. The van der Waals surface area contributed by atoms with E-state index >= 15 is 0 Å². The number of hydrogen-bond acceptors (Lipinski definition) is 6. The number of ether oxygens (including phenoxy) is 3. The van der Waals surface area contributed by atoms with E-state index in [4.69, 9.17) is 14.2 Å². The van der Waals surface area contributed by atoms with E-state index in [0.29, 0.717) is 19.3 Å². The first-order valence-electron chi connectivity index (χ1n) is 33.9. The Morgan fingerprint density at radius 2 is 0.487 bits per heavy atom. The summed E-state index contributed by atoms with van der Waals surface area (Å²) >= 11 is 0. The van der Waals surface area contributed by atoms with Crippen LogP contribution in [0.3, 0.4) is 0 Å². The normalized spacial score (nSPS) is 12.8. The number of carbonyl (C=O) groups is 3. The molecular formula is C74H126O6. The molecule has 0 aliphatic carbocycles. The van der Waals surface area contributed by atoms with Crippen molar-refractivity contribution in [2.45, 2.75) is 329 Å². The van der Waals surface area contributed by atoms with Crippen molar-refractivity contribution < 1.29 is 28.6 Å². The van der Waals surface area contributed by atoms with Crippen molar-refractivity contribution >= 4 is 17.9 Å². The second-order valence-corrected chi connectivity index (χ2v) is 22.3. The minimum absolute atomic E-state index is 0.0877. The molecule has 0 heterocycles. The van der Waals surface area contributed by atoms with Gasteiger partial charge < -0.3 is 14.2 Å². The zero-order chi connectivity index (χ0) is 57.8. The van der Waals surface area contributed by atoms with Crippen molar-refractivity contribution in [1.82, 2.24) is 0 Å². The molecule has 0 fully saturated rings. The van der Waals surface area contributed by atoms with Gasteiger partial charge in [-0.3, -0.25) is 14.4 Å². The summed E-state index contributed by atoms with van der Waals surface area (Å²) in [5.74, 6) is -0.904. The third-order valence-electron chi connectivity index (χ3n) is 14.5. The van der Waals surface area contributed by atoms with Crippen LogP contribution in [0, 0.1) is 0 Å². The highest BCUT2D eigenvalue weighted by Gasteiger charge is 2.19. The summed E-state index contributed by atoms with van der Waals surface area (Å²) in [6.07, 6.45) is 92.4. The van der Waals surface area contributed by atoms with Gasteiger partial charge in [0.1, 0.15) is 13.2 Å². The Labute approximate surface area is 495 Å². The summed E-state index contributed by atoms with van der Waals surface area (Å²) in [6.45, 7) is 6.49. The molecule has 0 N–H and O–H groups in total. The molecule has 6 nitrogen and oxygen atoms in total. The topological polar surface area (TPSA) is 78.9 Å². The fourth-order valence-electron chi connectivity index (χ4n) is 9.41. The first-order valence-corrected chi connectivity index (χ1v) is 33.9. The molecule has 458 valence electrons. The third-order valence-corrected chi connectivity index (χ3v) is 14.5. The highest BCUT2D eigenvalue weighted by atomic mass is 16.6. The summed E-state index contributed by atoms with van der Waals surface area (Å²) in [5, 5.41) is 0. The van der Waals surface area contributed by atoms with Gasteiger partial charge in [-0.15, -0.1) is 0 Å². The molecule has 6 heteroatoms. The zero-order valence-corrected chi connectivity index (χ0v) is 52.6. The molecule has 1 unspecified atom stereocenters. The first-order chi connectivity index (χ1) is 39.5. The summed E-state index contributed by atoms with van der Waals surface area (Å²) in [5.41, 5.74) is 0. The Kier molecular flexibility index (Phi) is 64.3. The molecule has 0 aliphatic rings. The van der Waals surface area contributed by atoms with Crippen LogP contribution in [0.15, 0.2) is 109 Å². The number of carbonyl (C=O) groups excluding carboxylic acids is 3. The Morgan fingerprint density at radius 1 is 0.263 bits per heavy atom. The standard InChI is InChI=1S/C74H126O6/c1-4-7-10-13-16-19-22-25-28-31-33-34-35-36-37-38-39-40-42-43-46-49-52-55-58-61-64-67-73(76)79-70-71(69-78-72(75)66-63-60-57-54-51-48-45-30-27-24-21-18-15-12-9-6-3)80-74(77)68-65-62-59-56-53-50-47-44-41-32-29-26-23-20-17-14-11-8-5-2/h7,10,16-17,19-21,24-26,28-30,33-34,41,44-45,71H,4-6,8-9,11-15,18,22-23,27,31-32,35-40,42-43,46-70H2,1-3H3/b10-7-,19-16-,20-17-,24-21-,28-25-,29-26-,34-33-,44-41-,45-30-. The minimum Gasteiger partial charge on any atom is -0.462 e. The average Bonchev–Trinajstić information content (AvgIpc) is 3.46. The number of rotatable bonds is 61. The lowest BCUT2D eigenvalue weighted by Crippen LogP contribution is -2.30. The largest absolute Gasteiger partial charge is 0.462 e. The van der Waals surface area contributed by atoms with Gasteiger partial charge >= 0.3 is 17.9 Å². The quantitative estimate of drug-likeness (QED) is 0.0261. The van der Waals surface area contributed by atoms with Crippen molar-refractivity contribution in [3.05, 3.63) is 109 Å². The van der Waals surface area contributed by atoms with Crippen LogP contribution >= 0.6 is 0 Å². The van der Waals surface area contributed by atoms with E-state index in [1.807, 2.05) is 0 Å². The van der Waals surface area contributed by atoms with Gasteiger partial charge in [0.25, 0.3) is 0 Å². The molecule has 0 bridgehead atoms. The number of hydrogen-bond donors (Lipinski definition) is 0. The van der Waals surface area contributed by atoms with Gasteiger partial charge in [0.2, 0.25) is 0 Å². The van der Waals surface area contributed by atoms with Crippen molar-refractivity contribution in [3.63, 3.8) is 0 Å². The Morgan fingerprint density at radius 3 is 0.787 bits per heavy atom. The van der Waals surface area contributed by atoms with E-state index < -0.39 is 6.10 Å². The maximum atomic E-state index is 12.9. The van der Waals surface area contributed by atoms with Gasteiger partial charge in [0.15, 0.2) is 6.10 Å². The van der Waals surface area contributed by atoms with Crippen LogP contribution in [-0.2, 0) is 28.6 Å². The molecular weight excluding hydrogens is 985 g/mol. The third kappa shape index (κ3) is 64.9. The van der Waals surface area contributed by atoms with Gasteiger partial charge in [-0.25, -0.2) is 0 Å². The molecule has 80 heavy (non-hydrogen) atoms. The SMILES string of the molecule is CC/C=C\C/C=C\C/C=C\C/C=C\CCCCCCCCCCCCCCCCC(=O)OCC(COC(=O)CCCCCCC/C=C\C/C=C\CCCCCC)OC(=O)CCCCCCCC/C=C\C/C=C\C/C=C\CCCCC. The number of unbranched alkanes of at least 4 members (excludes halogenated alkanes) is 32. The molecule has 0 spiro atoms. The molecule has 0 aliphatic heterocycles. The van der Waals surface area contributed by atoms with Crippen LogP contribution in [0.4, 0.5) is 0 Å². The predicted molar refractivity (Wildman–Crippen MR) is 348 cm³/mol. The maximum Gasteiger partial charge on any atom is 0.306 e. The molecule has 0 saturated carbocycles. The molecule has 1 atom stereocenters. The lowest BCUT2D eigenvalue weighted by atomic mass is 10.0. The van der Waals surface area contributed by atoms with Crippen molar-refractivity contribution in [2.75, 3.05) is 13.2 Å². The fraction of sp³-hybridized carbons (Fsp3) is 0.716. The Balaban J connectivity index is 4.35. The van der Waals surface area contributed by atoms with Gasteiger partial charge in [-0.05, 0) is 128 Å². The fourth-order valence-corrected chi connectivity index (χ4v) is 9.41. The van der Waals surface area contributed by atoms with Crippen molar-refractivity contribution in [1.29, 1.82) is 0 Å². The molecule has 0 saturated heterocycles. The first kappa shape index (κ1) is 76.1. The predicted octanol–water partition coefficient (Wildman–Crippen LogP) is 23.4. The van der Waals surface area contributed by atoms with Crippen molar-refractivity contribution in [3.8, 4) is 0 Å². The second kappa shape index (κ2) is 67.6. The van der Waals surface area contributed by atoms with E-state index in [9.17, 15) is 14.4 Å². The van der Waals surface area contributed by atoms with Crippen LogP contribution < -0.4 is 0 Å². The van der Waals surface area contributed by atoms with E-state index in [1.54, 1.807) is 0 Å². The van der Waals surface area contributed by atoms with Crippen molar-refractivity contribution in [2.24, 2.45) is 0 Å². The molecule has 0 rings (SSSR count). The lowest BCUT2D eigenvalue weighted by Gasteiger charge is -2.18. The van der Waals surface area contributed by atoms with Gasteiger partial charge in [-0.2, -0.15) is 0 Å². The monoisotopic (exact) mass is 1110 g/mol. The summed E-state index contributed by atoms with van der Waals surface area (Å²) in [4.78, 5) is 38.4. The van der Waals surface area contributed by atoms with E-state index in [2.05, 4.69) is 130 Å². The van der Waals surface area contributed by atoms with Gasteiger partial charge in [0.05, 0.1) is 0 Å². The highest BCUT2D eigenvalue weighted by molar-refractivity contribution is 5.71. The number of esters is 3. The molecule has 0 amide bonds. The van der Waals surface area contributed by atoms with Crippen LogP contribution in [0.5, 0.6) is 0 Å². The van der Waals surface area contributed by atoms with Crippen LogP contribution in [-0.4, -0.2) is 37.2 Å². The Hall–Kier alpha value is -3.93. The zero-order valence-electron chi connectivity index (χ0n) is 52.6. The second-order valence-electron chi connectivity index (χ2n) is 22.3. The minimum atomic E-state index is -0.794. The summed E-state index contributed by atoms with van der Waals surface area (Å²) in [7, 11) is 0. The number of allylic oxidation sites excluding steroid dienone is 18. The van der Waals surface area contributed by atoms with E-state index in [0.717, 1.165) is 135 Å².